The fourth-order valence-corrected chi connectivity index (χ4v) is 12.6. The van der Waals surface area contributed by atoms with Gasteiger partial charge < -0.3 is 9.47 Å². The zero-order valence-electron chi connectivity index (χ0n) is 28.7. The monoisotopic (exact) mass is 1080 g/mol. The minimum atomic E-state index is -8.27. The second-order valence-electron chi connectivity index (χ2n) is 11.4. The van der Waals surface area contributed by atoms with Crippen LogP contribution in [-0.4, -0.2) is 109 Å². The Balaban J connectivity index is 2.53. The number of ether oxygens (including phenoxy) is 2. The van der Waals surface area contributed by atoms with Crippen molar-refractivity contribution < 1.29 is 133 Å². The molecule has 2 rings (SSSR count). The highest BCUT2D eigenvalue weighted by atomic mass is 32.3. The number of halogens is 26. The van der Waals surface area contributed by atoms with E-state index in [2.05, 4.69) is 9.47 Å². The zero-order chi connectivity index (χ0) is 49.1. The maximum Gasteiger partial charge on any atom is 0.460 e. The van der Waals surface area contributed by atoms with Crippen LogP contribution in [0.2, 0.25) is 0 Å². The lowest BCUT2D eigenvalue weighted by atomic mass is 9.93. The topological polar surface area (TPSA) is 52.6 Å². The molecule has 0 bridgehead atoms. The van der Waals surface area contributed by atoms with Crippen LogP contribution in [0.5, 0.6) is 0 Å². The highest BCUT2D eigenvalue weighted by molar-refractivity contribution is 8.42. The molecule has 62 heavy (non-hydrogen) atoms. The van der Waals surface area contributed by atoms with Crippen LogP contribution in [-0.2, 0) is 19.1 Å². The van der Waals surface area contributed by atoms with E-state index in [9.17, 15) is 124 Å². The fourth-order valence-electron chi connectivity index (χ4n) is 3.83. The van der Waals surface area contributed by atoms with Gasteiger partial charge >= 0.3 is 83.5 Å². The molecule has 0 unspecified atom stereocenters. The number of carbonyl (C=O) groups excluding carboxylic acids is 2. The first-order valence-corrected chi connectivity index (χ1v) is 19.9. The summed E-state index contributed by atoms with van der Waals surface area (Å²) in [5.74, 6) is -84.1. The molecule has 0 radical (unpaired) electrons. The highest BCUT2D eigenvalue weighted by Gasteiger charge is 2.92. The molecule has 0 saturated heterocycles. The van der Waals surface area contributed by atoms with E-state index in [1.165, 1.54) is 0 Å². The summed E-state index contributed by atoms with van der Waals surface area (Å²) in [5, 5.41) is 0. The van der Waals surface area contributed by atoms with Crippen molar-refractivity contribution >= 4 is 82.5 Å². The predicted octanol–water partition coefficient (Wildman–Crippen LogP) is 13.5. The molecule has 0 atom stereocenters. The summed E-state index contributed by atoms with van der Waals surface area (Å²) >= 11 is 0.192. The Morgan fingerprint density at radius 1 is 0.403 bits per heavy atom. The lowest BCUT2D eigenvalue weighted by Crippen LogP contribution is -2.70. The van der Waals surface area contributed by atoms with Gasteiger partial charge in [0.1, 0.15) is 9.81 Å². The SMILES string of the molecule is COC(=O)C1=C(C(=O)OC)SC(=C2SC(SCCC(F)(F)C(F)(F)C(F)(F)C(F)(F)C(F)(F)C(F)(F)F)=C(SCCC(F)(F)C(F)(F)C(F)(F)C(F)(F)C(F)(F)C(F)(F)F)S2)S1. The number of carbonyl (C=O) groups is 2. The molecule has 4 nitrogen and oxygen atoms in total. The normalized spacial score (nSPS) is 17.7. The second-order valence-corrected chi connectivity index (χ2v) is 18.7. The number of hydrogen-bond donors (Lipinski definition) is 0. The Bertz CT molecular complexity index is 1700. The van der Waals surface area contributed by atoms with E-state index in [0.29, 0.717) is 23.5 Å². The molecular formula is C26H14F26O4S6. The number of methoxy groups -OCH3 is 2. The maximum absolute atomic E-state index is 14.5. The molecule has 0 saturated carbocycles. The Labute approximate surface area is 351 Å². The average molecular weight is 1080 g/mol. The van der Waals surface area contributed by atoms with Gasteiger partial charge in [0.15, 0.2) is 0 Å². The van der Waals surface area contributed by atoms with Crippen molar-refractivity contribution in [1.29, 1.82) is 0 Å². The van der Waals surface area contributed by atoms with Crippen molar-refractivity contribution in [2.24, 2.45) is 0 Å². The summed E-state index contributed by atoms with van der Waals surface area (Å²) in [5.41, 5.74) is 0. The van der Waals surface area contributed by atoms with Crippen LogP contribution in [0.1, 0.15) is 12.8 Å². The Morgan fingerprint density at radius 3 is 0.887 bits per heavy atom. The van der Waals surface area contributed by atoms with Gasteiger partial charge in [-0.15, -0.1) is 23.5 Å². The maximum atomic E-state index is 14.5. The molecule has 2 aliphatic rings. The van der Waals surface area contributed by atoms with Crippen molar-refractivity contribution in [3.8, 4) is 0 Å². The summed E-state index contributed by atoms with van der Waals surface area (Å²) in [6, 6.07) is 0. The van der Waals surface area contributed by atoms with E-state index in [4.69, 9.17) is 0 Å². The Kier molecular flexibility index (Phi) is 16.3. The summed E-state index contributed by atoms with van der Waals surface area (Å²) in [4.78, 5) is 23.3. The van der Waals surface area contributed by atoms with Crippen LogP contribution < -0.4 is 0 Å². The molecule has 0 spiro atoms. The van der Waals surface area contributed by atoms with Gasteiger partial charge in [0.05, 0.1) is 31.2 Å². The third kappa shape index (κ3) is 9.50. The van der Waals surface area contributed by atoms with Gasteiger partial charge in [-0.25, -0.2) is 9.59 Å². The molecule has 36 heteroatoms. The van der Waals surface area contributed by atoms with Gasteiger partial charge in [0, 0.05) is 24.3 Å². The summed E-state index contributed by atoms with van der Waals surface area (Å²) in [6.07, 6.45) is -21.2. The fraction of sp³-hybridized carbons (Fsp3) is 0.692. The minimum absolute atomic E-state index is 0.131. The Hall–Kier alpha value is -1.56. The molecule has 0 aromatic carbocycles. The van der Waals surface area contributed by atoms with E-state index >= 15 is 0 Å². The molecule has 0 N–H and O–H groups in total. The van der Waals surface area contributed by atoms with Crippen LogP contribution in [0.4, 0.5) is 114 Å². The van der Waals surface area contributed by atoms with Gasteiger partial charge in [-0.3, -0.25) is 0 Å². The highest BCUT2D eigenvalue weighted by Crippen LogP contribution is 2.66. The number of esters is 2. The third-order valence-electron chi connectivity index (χ3n) is 7.34. The largest absolute Gasteiger partial charge is 0.465 e. The van der Waals surface area contributed by atoms with Gasteiger partial charge in [0.2, 0.25) is 0 Å². The zero-order valence-corrected chi connectivity index (χ0v) is 33.6. The van der Waals surface area contributed by atoms with Crippen LogP contribution >= 0.6 is 70.6 Å². The van der Waals surface area contributed by atoms with Crippen LogP contribution in [0.25, 0.3) is 0 Å². The summed E-state index contributed by atoms with van der Waals surface area (Å²) < 4.78 is 359. The first-order chi connectivity index (χ1) is 27.3. The van der Waals surface area contributed by atoms with E-state index < -0.39 is 126 Å². The molecule has 2 heterocycles. The smallest absolute Gasteiger partial charge is 0.460 e. The second kappa shape index (κ2) is 17.9. The van der Waals surface area contributed by atoms with E-state index in [1.807, 2.05) is 0 Å². The number of hydrogen-bond acceptors (Lipinski definition) is 10. The van der Waals surface area contributed by atoms with Crippen molar-refractivity contribution in [1.82, 2.24) is 0 Å². The van der Waals surface area contributed by atoms with Crippen molar-refractivity contribution in [3.63, 3.8) is 0 Å². The van der Waals surface area contributed by atoms with Crippen molar-refractivity contribution in [3.05, 3.63) is 26.8 Å². The third-order valence-corrected chi connectivity index (χ3v) is 15.9. The van der Waals surface area contributed by atoms with Crippen LogP contribution in [0.15, 0.2) is 26.8 Å². The first-order valence-electron chi connectivity index (χ1n) is 14.6. The average Bonchev–Trinajstić information content (AvgIpc) is 3.74. The molecule has 0 aliphatic carbocycles. The minimum Gasteiger partial charge on any atom is -0.465 e. The quantitative estimate of drug-likeness (QED) is 0.0980. The van der Waals surface area contributed by atoms with Crippen LogP contribution in [0, 0.1) is 0 Å². The predicted molar refractivity (Wildman–Crippen MR) is 171 cm³/mol. The summed E-state index contributed by atoms with van der Waals surface area (Å²) in [6.45, 7) is 0. The van der Waals surface area contributed by atoms with Gasteiger partial charge in [-0.1, -0.05) is 47.0 Å². The molecule has 0 aromatic heterocycles. The number of thioether (sulfide) groups is 6. The van der Waals surface area contributed by atoms with E-state index in [1.54, 1.807) is 0 Å². The number of rotatable bonds is 18. The van der Waals surface area contributed by atoms with E-state index in [0.717, 1.165) is 14.2 Å². The molecule has 0 fully saturated rings. The van der Waals surface area contributed by atoms with Crippen LogP contribution in [0.3, 0.4) is 0 Å². The van der Waals surface area contributed by atoms with Gasteiger partial charge in [0.25, 0.3) is 0 Å². The lowest BCUT2D eigenvalue weighted by Gasteiger charge is -2.39. The summed E-state index contributed by atoms with van der Waals surface area (Å²) in [7, 11) is 1.56. The van der Waals surface area contributed by atoms with Crippen molar-refractivity contribution in [2.45, 2.75) is 84.4 Å². The molecule has 0 aromatic rings. The lowest BCUT2D eigenvalue weighted by molar-refractivity contribution is -0.439. The first kappa shape index (κ1) is 56.6. The molecule has 2 aliphatic heterocycles. The van der Waals surface area contributed by atoms with E-state index in [-0.39, 0.29) is 55.5 Å². The molecule has 0 amide bonds. The van der Waals surface area contributed by atoms with Gasteiger partial charge in [-0.05, 0) is 0 Å². The molecule has 360 valence electrons. The van der Waals surface area contributed by atoms with Crippen molar-refractivity contribution in [2.75, 3.05) is 25.7 Å². The number of alkyl halides is 26. The molecular weight excluding hydrogens is 1060 g/mol. The standard InChI is InChI=1S/C26H14F26O4S6/c1-55-9(53)7-8(10(54)56-2)60-13(59-7)14-61-11(57-5-3-15(27,28)17(31,32)19(35,36)21(39,40)23(43,44)25(47,48)49)12(62-14)58-6-4-16(29,30)18(33,34)20(37,38)22(41,42)24(45,46)26(50,51)52/h3-6H2,1-2H3. The Morgan fingerprint density at radius 2 is 0.645 bits per heavy atom. The van der Waals surface area contributed by atoms with Gasteiger partial charge in [-0.2, -0.15) is 114 Å².